The monoisotopic (exact) mass is 1360 g/mol. The van der Waals surface area contributed by atoms with Crippen LogP contribution in [0.1, 0.15) is 342 Å². The Morgan fingerprint density at radius 3 is 0.914 bits per heavy atom. The molecular formula is C75H138O16P2. The van der Waals surface area contributed by atoms with Crippen LogP contribution in [0.25, 0.3) is 0 Å². The van der Waals surface area contributed by atoms with Crippen molar-refractivity contribution in [2.75, 3.05) is 39.6 Å². The van der Waals surface area contributed by atoms with Gasteiger partial charge in [-0.1, -0.05) is 300 Å². The summed E-state index contributed by atoms with van der Waals surface area (Å²) in [5.41, 5.74) is 0. The predicted molar refractivity (Wildman–Crippen MR) is 381 cm³/mol. The van der Waals surface area contributed by atoms with Gasteiger partial charge in [-0.15, -0.1) is 0 Å². The highest BCUT2D eigenvalue weighted by molar-refractivity contribution is 7.47. The first kappa shape index (κ1) is 90.2. The zero-order valence-electron chi connectivity index (χ0n) is 59.2. The fourth-order valence-corrected chi connectivity index (χ4v) is 12.0. The highest BCUT2D eigenvalue weighted by Crippen LogP contribution is 2.45. The van der Waals surface area contributed by atoms with E-state index in [9.17, 15) is 43.5 Å². The topological polar surface area (TPSA) is 231 Å². The van der Waals surface area contributed by atoms with E-state index >= 15 is 0 Å². The molecule has 4 N–H and O–H groups in total. The first-order valence-electron chi connectivity index (χ1n) is 37.6. The molecule has 0 aromatic carbocycles. The lowest BCUT2D eigenvalue weighted by atomic mass is 10.0. The fraction of sp³-hybridized carbons (Fsp3) is 0.827. The lowest BCUT2D eigenvalue weighted by Gasteiger charge is -2.21. The van der Waals surface area contributed by atoms with Crippen molar-refractivity contribution in [3.63, 3.8) is 0 Å². The average molecular weight is 1360 g/mol. The van der Waals surface area contributed by atoms with Gasteiger partial charge in [0, 0.05) is 19.3 Å². The summed E-state index contributed by atoms with van der Waals surface area (Å²) < 4.78 is 60.8. The van der Waals surface area contributed by atoms with Crippen molar-refractivity contribution in [2.24, 2.45) is 0 Å². The summed E-state index contributed by atoms with van der Waals surface area (Å²) in [6.45, 7) is 2.62. The van der Waals surface area contributed by atoms with E-state index in [4.69, 9.17) is 32.3 Å². The van der Waals surface area contributed by atoms with Crippen LogP contribution in [-0.2, 0) is 55.8 Å². The maximum Gasteiger partial charge on any atom is 0.472 e. The highest BCUT2D eigenvalue weighted by Gasteiger charge is 2.29. The number of hydrogen-bond acceptors (Lipinski definition) is 14. The van der Waals surface area contributed by atoms with E-state index in [1.807, 2.05) is 0 Å². The van der Waals surface area contributed by atoms with Crippen LogP contribution in [0.5, 0.6) is 0 Å². The number of aliphatic hydroxyl groups excluding tert-OH is 2. The number of rotatable bonds is 72. The molecule has 0 fully saturated rings. The van der Waals surface area contributed by atoms with Gasteiger partial charge in [0.05, 0.1) is 26.4 Å². The first-order valence-corrected chi connectivity index (χ1v) is 40.6. The number of allylic oxidation sites excluding steroid dienone is 10. The second-order valence-electron chi connectivity index (χ2n) is 25.5. The van der Waals surface area contributed by atoms with E-state index in [0.29, 0.717) is 19.3 Å². The van der Waals surface area contributed by atoms with Gasteiger partial charge in [-0.05, 0) is 83.5 Å². The summed E-state index contributed by atoms with van der Waals surface area (Å²) in [4.78, 5) is 58.2. The molecule has 0 aromatic rings. The van der Waals surface area contributed by atoms with Crippen LogP contribution in [0.4, 0.5) is 0 Å². The van der Waals surface area contributed by atoms with Crippen LogP contribution in [0, 0.1) is 0 Å². The summed E-state index contributed by atoms with van der Waals surface area (Å²) in [6, 6.07) is 0. The summed E-state index contributed by atoms with van der Waals surface area (Å²) in [6.07, 6.45) is 73.3. The Hall–Kier alpha value is -2.75. The minimum atomic E-state index is -4.91. The number of esters is 3. The second-order valence-corrected chi connectivity index (χ2v) is 28.4. The van der Waals surface area contributed by atoms with E-state index in [-0.39, 0.29) is 19.3 Å². The molecule has 18 heteroatoms. The molecule has 0 aliphatic carbocycles. The molecule has 93 heavy (non-hydrogen) atoms. The van der Waals surface area contributed by atoms with Crippen LogP contribution >= 0.6 is 15.6 Å². The third kappa shape index (κ3) is 70.4. The first-order chi connectivity index (χ1) is 45.2. The largest absolute Gasteiger partial charge is 0.472 e. The molecule has 5 unspecified atom stereocenters. The molecule has 0 aromatic heterocycles. The molecule has 0 heterocycles. The van der Waals surface area contributed by atoms with Crippen molar-refractivity contribution < 1.29 is 75.8 Å². The SMILES string of the molecule is CCCC/C=C\CCCCCCCC(=O)OCC(COP(=O)(O)OCC(O)COP(=O)(O)OCC(O)COC(=O)CCCCCCCCCCCCCCCCCCCCC/C=C\C/C=C\C/C=C\C/C=C\CCCCC)OC(=O)CCCCCCCCCCCCC. The molecule has 0 radical (unpaired) electrons. The van der Waals surface area contributed by atoms with Gasteiger partial charge in [-0.3, -0.25) is 32.5 Å². The number of carbonyl (C=O) groups excluding carboxylic acids is 3. The Bertz CT molecular complexity index is 1940. The second kappa shape index (κ2) is 69.2. The van der Waals surface area contributed by atoms with Crippen LogP contribution in [0.2, 0.25) is 0 Å². The quantitative estimate of drug-likeness (QED) is 0.0146. The van der Waals surface area contributed by atoms with Gasteiger partial charge in [-0.2, -0.15) is 0 Å². The molecule has 0 aliphatic heterocycles. The van der Waals surface area contributed by atoms with Gasteiger partial charge in [0.2, 0.25) is 0 Å². The van der Waals surface area contributed by atoms with E-state index in [1.54, 1.807) is 0 Å². The number of aliphatic hydroxyl groups is 2. The molecule has 5 atom stereocenters. The average Bonchev–Trinajstić information content (AvgIpc) is 2.92. The van der Waals surface area contributed by atoms with Crippen molar-refractivity contribution in [3.8, 4) is 0 Å². The minimum absolute atomic E-state index is 0.109. The number of carbonyl (C=O) groups is 3. The van der Waals surface area contributed by atoms with Crippen LogP contribution < -0.4 is 0 Å². The van der Waals surface area contributed by atoms with Gasteiger partial charge in [-0.25, -0.2) is 9.13 Å². The van der Waals surface area contributed by atoms with Crippen LogP contribution in [0.15, 0.2) is 60.8 Å². The maximum atomic E-state index is 12.8. The summed E-state index contributed by atoms with van der Waals surface area (Å²) in [5, 5.41) is 20.5. The Balaban J connectivity index is 4.20. The number of phosphoric acid groups is 2. The van der Waals surface area contributed by atoms with Gasteiger partial charge >= 0.3 is 33.6 Å². The molecule has 0 spiro atoms. The summed E-state index contributed by atoms with van der Waals surface area (Å²) >= 11 is 0. The van der Waals surface area contributed by atoms with E-state index in [1.165, 1.54) is 180 Å². The van der Waals surface area contributed by atoms with Crippen molar-refractivity contribution in [1.29, 1.82) is 0 Å². The van der Waals surface area contributed by atoms with E-state index in [0.717, 1.165) is 103 Å². The number of hydrogen-bond donors (Lipinski definition) is 4. The van der Waals surface area contributed by atoms with Gasteiger partial charge in [0.1, 0.15) is 25.4 Å². The molecule has 16 nitrogen and oxygen atoms in total. The lowest BCUT2D eigenvalue weighted by Crippen LogP contribution is -2.30. The standard InChI is InChI=1S/C75H138O16P2/c1-4-7-10-13-16-19-22-23-24-25-26-27-28-29-30-31-32-33-34-35-36-37-38-39-40-41-42-43-44-45-48-50-52-55-58-61-73(78)85-64-70(76)65-87-92(81,82)88-66-71(77)67-89-93(83,84)90-69-72(91-75(80)63-60-57-54-51-47-21-18-15-12-9-6-3)68-86-74(79)62-59-56-53-49-46-20-17-14-11-8-5-2/h14,16-17,19,23-24,26-27,29-30,70-72,76-77H,4-13,15,18,20-22,25,28,31-69H2,1-3H3,(H,81,82)(H,83,84)/b17-14-,19-16-,24-23-,27-26-,30-29-. The zero-order valence-corrected chi connectivity index (χ0v) is 61.0. The lowest BCUT2D eigenvalue weighted by molar-refractivity contribution is -0.161. The van der Waals surface area contributed by atoms with Crippen molar-refractivity contribution in [3.05, 3.63) is 60.8 Å². The summed E-state index contributed by atoms with van der Waals surface area (Å²) in [7, 11) is -9.75. The van der Waals surface area contributed by atoms with Gasteiger partial charge in [0.25, 0.3) is 0 Å². The fourth-order valence-electron chi connectivity index (χ4n) is 10.4. The Morgan fingerprint density at radius 2 is 0.548 bits per heavy atom. The molecule has 0 saturated heterocycles. The van der Waals surface area contributed by atoms with Crippen LogP contribution in [-0.4, -0.2) is 95.9 Å². The normalized spacial score (nSPS) is 14.4. The molecule has 0 amide bonds. The molecule has 544 valence electrons. The number of unbranched alkanes of at least 4 members (excludes halogenated alkanes) is 39. The van der Waals surface area contributed by atoms with Crippen molar-refractivity contribution >= 4 is 33.6 Å². The third-order valence-electron chi connectivity index (χ3n) is 16.2. The van der Waals surface area contributed by atoms with Crippen LogP contribution in [0.3, 0.4) is 0 Å². The Kier molecular flexibility index (Phi) is 67.1. The summed E-state index contributed by atoms with van der Waals surface area (Å²) in [5.74, 6) is -1.57. The Labute approximate surface area is 567 Å². The Morgan fingerprint density at radius 1 is 0.301 bits per heavy atom. The third-order valence-corrected chi connectivity index (χ3v) is 18.1. The molecular weight excluding hydrogens is 1220 g/mol. The van der Waals surface area contributed by atoms with Gasteiger partial charge in [0.15, 0.2) is 6.10 Å². The highest BCUT2D eigenvalue weighted by atomic mass is 31.2. The molecule has 0 bridgehead atoms. The molecule has 0 rings (SSSR count). The number of phosphoric ester groups is 2. The van der Waals surface area contributed by atoms with E-state index < -0.39 is 91.5 Å². The smallest absolute Gasteiger partial charge is 0.463 e. The maximum absolute atomic E-state index is 12.8. The van der Waals surface area contributed by atoms with E-state index in [2.05, 4.69) is 81.5 Å². The zero-order chi connectivity index (χ0) is 68.1. The minimum Gasteiger partial charge on any atom is -0.463 e. The molecule has 0 saturated carbocycles. The molecule has 0 aliphatic rings. The number of ether oxygens (including phenoxy) is 3. The van der Waals surface area contributed by atoms with Gasteiger partial charge < -0.3 is 34.2 Å². The predicted octanol–water partition coefficient (Wildman–Crippen LogP) is 21.3. The van der Waals surface area contributed by atoms with Crippen molar-refractivity contribution in [1.82, 2.24) is 0 Å². The van der Waals surface area contributed by atoms with Crippen molar-refractivity contribution in [2.45, 2.75) is 360 Å².